The first-order valence-corrected chi connectivity index (χ1v) is 7.81. The second-order valence-electron chi connectivity index (χ2n) is 3.21. The molecule has 1 aliphatic rings. The summed E-state index contributed by atoms with van der Waals surface area (Å²) in [6.07, 6.45) is 1.37. The summed E-state index contributed by atoms with van der Waals surface area (Å²) in [7, 11) is 0. The number of nitrogens with zero attached hydrogens (tertiary/aromatic N) is 1. The van der Waals surface area contributed by atoms with Crippen molar-refractivity contribution in [2.75, 3.05) is 5.75 Å². The third kappa shape index (κ3) is 2.63. The fraction of sp³-hybridized carbons (Fsp3) is 0.364. The van der Waals surface area contributed by atoms with Crippen molar-refractivity contribution in [1.82, 2.24) is 0 Å². The standard InChI is InChI=1S/C11H13NSSe/c1-9-5-2-3-6-10(9)12-11-13-7-4-8-14-11/h2-3,5-6H,4,7-8H2,1H3. The fourth-order valence-corrected chi connectivity index (χ4v) is 5.19. The normalized spacial score (nSPS) is 19.9. The molecule has 0 N–H and O–H groups in total. The molecule has 1 aliphatic heterocycles. The molecule has 0 spiro atoms. The molecule has 1 nitrogen and oxygen atoms in total. The summed E-state index contributed by atoms with van der Waals surface area (Å²) in [4.78, 5) is 4.72. The van der Waals surface area contributed by atoms with Crippen LogP contribution in [-0.2, 0) is 0 Å². The van der Waals surface area contributed by atoms with Gasteiger partial charge in [-0.25, -0.2) is 0 Å². The first kappa shape index (κ1) is 10.3. The molecule has 0 aromatic heterocycles. The van der Waals surface area contributed by atoms with Gasteiger partial charge in [0.05, 0.1) is 0 Å². The predicted octanol–water partition coefficient (Wildman–Crippen LogP) is 3.24. The van der Waals surface area contributed by atoms with Gasteiger partial charge in [0.15, 0.2) is 0 Å². The van der Waals surface area contributed by atoms with Crippen LogP contribution in [-0.4, -0.2) is 24.7 Å². The van der Waals surface area contributed by atoms with Crippen molar-refractivity contribution in [3.8, 4) is 0 Å². The van der Waals surface area contributed by atoms with E-state index in [0.717, 1.165) is 5.69 Å². The third-order valence-corrected chi connectivity index (χ3v) is 6.00. The summed E-state index contributed by atoms with van der Waals surface area (Å²) in [6, 6.07) is 8.36. The molecule has 74 valence electrons. The molecule has 0 unspecified atom stereocenters. The van der Waals surface area contributed by atoms with Gasteiger partial charge in [-0.2, -0.15) is 0 Å². The van der Waals surface area contributed by atoms with E-state index in [-0.39, 0.29) is 0 Å². The number of para-hydroxylation sites is 1. The summed E-state index contributed by atoms with van der Waals surface area (Å²) < 4.78 is 1.37. The molecule has 1 saturated heterocycles. The third-order valence-electron chi connectivity index (χ3n) is 2.07. The molecule has 0 saturated carbocycles. The van der Waals surface area contributed by atoms with Gasteiger partial charge in [0, 0.05) is 0 Å². The maximum atomic E-state index is 4.72. The van der Waals surface area contributed by atoms with E-state index in [9.17, 15) is 0 Å². The van der Waals surface area contributed by atoms with Gasteiger partial charge in [0.2, 0.25) is 0 Å². The Hall–Kier alpha value is -0.241. The Morgan fingerprint density at radius 3 is 2.93 bits per heavy atom. The average Bonchev–Trinajstić information content (AvgIpc) is 2.23. The first-order chi connectivity index (χ1) is 6.86. The zero-order valence-electron chi connectivity index (χ0n) is 8.19. The van der Waals surface area contributed by atoms with Crippen molar-refractivity contribution in [1.29, 1.82) is 0 Å². The van der Waals surface area contributed by atoms with Crippen molar-refractivity contribution in [3.05, 3.63) is 29.8 Å². The maximum absolute atomic E-state index is 4.72. The molecule has 0 radical (unpaired) electrons. The van der Waals surface area contributed by atoms with Crippen LogP contribution in [0.3, 0.4) is 0 Å². The number of hydrogen-bond donors (Lipinski definition) is 0. The monoisotopic (exact) mass is 271 g/mol. The summed E-state index contributed by atoms with van der Waals surface area (Å²) in [5.74, 6) is 1.26. The van der Waals surface area contributed by atoms with Gasteiger partial charge in [-0.1, -0.05) is 0 Å². The first-order valence-electron chi connectivity index (χ1n) is 4.76. The van der Waals surface area contributed by atoms with Crippen LogP contribution in [0.4, 0.5) is 5.69 Å². The molecular weight excluding hydrogens is 257 g/mol. The van der Waals surface area contributed by atoms with E-state index in [2.05, 4.69) is 31.2 Å². The molecule has 1 fully saturated rings. The molecular formula is C11H13NSSe. The zero-order valence-corrected chi connectivity index (χ0v) is 10.7. The van der Waals surface area contributed by atoms with Crippen LogP contribution in [0.1, 0.15) is 12.0 Å². The summed E-state index contributed by atoms with van der Waals surface area (Å²) >= 11 is 2.57. The quantitative estimate of drug-likeness (QED) is 0.714. The van der Waals surface area contributed by atoms with Gasteiger partial charge in [-0.15, -0.1) is 0 Å². The minimum atomic E-state index is 0.630. The molecule has 0 aliphatic carbocycles. The van der Waals surface area contributed by atoms with E-state index in [0.29, 0.717) is 15.0 Å². The van der Waals surface area contributed by atoms with Gasteiger partial charge >= 0.3 is 95.6 Å². The molecule has 0 amide bonds. The summed E-state index contributed by atoms with van der Waals surface area (Å²) in [5.41, 5.74) is 2.43. The van der Waals surface area contributed by atoms with Crippen LogP contribution in [0, 0.1) is 6.92 Å². The molecule has 0 bridgehead atoms. The van der Waals surface area contributed by atoms with Crippen molar-refractivity contribution in [2.45, 2.75) is 18.7 Å². The molecule has 1 heterocycles. The van der Waals surface area contributed by atoms with Crippen molar-refractivity contribution >= 4 is 36.3 Å². The molecule has 3 heteroatoms. The molecule has 1 aromatic rings. The zero-order chi connectivity index (χ0) is 9.80. The summed E-state index contributed by atoms with van der Waals surface area (Å²) in [6.45, 7) is 2.12. The van der Waals surface area contributed by atoms with Gasteiger partial charge in [-0.3, -0.25) is 0 Å². The SMILES string of the molecule is Cc1ccccc1N=C1SCCC[Se]1. The molecule has 0 atom stereocenters. The van der Waals surface area contributed by atoms with Crippen LogP contribution in [0.25, 0.3) is 0 Å². The van der Waals surface area contributed by atoms with Gasteiger partial charge in [0.25, 0.3) is 0 Å². The Balaban J connectivity index is 2.19. The number of benzene rings is 1. The van der Waals surface area contributed by atoms with Gasteiger partial charge in [0.1, 0.15) is 0 Å². The van der Waals surface area contributed by atoms with Gasteiger partial charge in [-0.05, 0) is 0 Å². The van der Waals surface area contributed by atoms with E-state index in [1.54, 1.807) is 0 Å². The van der Waals surface area contributed by atoms with E-state index in [1.807, 2.05) is 11.8 Å². The van der Waals surface area contributed by atoms with Crippen molar-refractivity contribution in [2.24, 2.45) is 4.99 Å². The van der Waals surface area contributed by atoms with E-state index in [4.69, 9.17) is 4.99 Å². The molecule has 1 aromatic carbocycles. The van der Waals surface area contributed by atoms with Crippen LogP contribution in [0.5, 0.6) is 0 Å². The van der Waals surface area contributed by atoms with E-state index < -0.39 is 0 Å². The van der Waals surface area contributed by atoms with E-state index >= 15 is 0 Å². The Morgan fingerprint density at radius 2 is 2.21 bits per heavy atom. The molecule has 2 rings (SSSR count). The minimum absolute atomic E-state index is 0.630. The predicted molar refractivity (Wildman–Crippen MR) is 65.9 cm³/mol. The van der Waals surface area contributed by atoms with Crippen LogP contribution < -0.4 is 0 Å². The van der Waals surface area contributed by atoms with Crippen LogP contribution >= 0.6 is 11.8 Å². The number of hydrogen-bond acceptors (Lipinski definition) is 2. The topological polar surface area (TPSA) is 12.4 Å². The van der Waals surface area contributed by atoms with Crippen molar-refractivity contribution < 1.29 is 0 Å². The van der Waals surface area contributed by atoms with Crippen LogP contribution in [0.15, 0.2) is 29.3 Å². The van der Waals surface area contributed by atoms with Crippen LogP contribution in [0.2, 0.25) is 5.32 Å². The Kier molecular flexibility index (Phi) is 3.68. The Morgan fingerprint density at radius 1 is 1.36 bits per heavy atom. The second-order valence-corrected chi connectivity index (χ2v) is 7.16. The summed E-state index contributed by atoms with van der Waals surface area (Å²) in [5, 5.41) is 1.37. The second kappa shape index (κ2) is 5.01. The average molecular weight is 270 g/mol. The Bertz CT molecular complexity index is 341. The number of aryl methyl sites for hydroxylation is 1. The number of aliphatic imine (C=N–C) groups is 1. The molecule has 14 heavy (non-hydrogen) atoms. The van der Waals surface area contributed by atoms with Gasteiger partial charge < -0.3 is 0 Å². The number of thioether (sulfide) groups is 1. The Labute approximate surface area is 95.5 Å². The van der Waals surface area contributed by atoms with Crippen molar-refractivity contribution in [3.63, 3.8) is 0 Å². The van der Waals surface area contributed by atoms with E-state index in [1.165, 1.54) is 27.0 Å². The fourth-order valence-electron chi connectivity index (χ4n) is 1.27. The number of rotatable bonds is 1.